The Bertz CT molecular complexity index is 852. The zero-order valence-electron chi connectivity index (χ0n) is 16.0. The van der Waals surface area contributed by atoms with Crippen molar-refractivity contribution in [1.29, 1.82) is 0 Å². The van der Waals surface area contributed by atoms with Crippen LogP contribution in [0.3, 0.4) is 0 Å². The van der Waals surface area contributed by atoms with Crippen molar-refractivity contribution in [3.63, 3.8) is 0 Å². The van der Waals surface area contributed by atoms with Gasteiger partial charge in [-0.05, 0) is 72.4 Å². The molecule has 150 valence electrons. The summed E-state index contributed by atoms with van der Waals surface area (Å²) in [5.74, 6) is -2.15. The maximum atomic E-state index is 15.1. The summed E-state index contributed by atoms with van der Waals surface area (Å²) in [4.78, 5) is 0. The summed E-state index contributed by atoms with van der Waals surface area (Å²) < 4.78 is 56.5. The third kappa shape index (κ3) is 3.97. The average molecular weight is 390 g/mol. The van der Waals surface area contributed by atoms with Crippen LogP contribution in [-0.4, -0.2) is 0 Å². The molecule has 28 heavy (non-hydrogen) atoms. The molecule has 0 heterocycles. The van der Waals surface area contributed by atoms with E-state index in [0.29, 0.717) is 24.3 Å². The van der Waals surface area contributed by atoms with Gasteiger partial charge in [-0.2, -0.15) is 0 Å². The number of benzene rings is 2. The second-order valence-corrected chi connectivity index (χ2v) is 8.50. The Labute approximate surface area is 164 Å². The van der Waals surface area contributed by atoms with Gasteiger partial charge in [0, 0.05) is 0 Å². The van der Waals surface area contributed by atoms with Gasteiger partial charge in [-0.1, -0.05) is 44.6 Å². The summed E-state index contributed by atoms with van der Waals surface area (Å²) in [7, 11) is 0. The van der Waals surface area contributed by atoms with Gasteiger partial charge in [0.2, 0.25) is 0 Å². The Morgan fingerprint density at radius 1 is 0.750 bits per heavy atom. The van der Waals surface area contributed by atoms with Crippen LogP contribution < -0.4 is 0 Å². The molecule has 2 aromatic carbocycles. The first-order chi connectivity index (χ1) is 13.5. The zero-order chi connectivity index (χ0) is 19.7. The lowest BCUT2D eigenvalue weighted by Crippen LogP contribution is -2.18. The fourth-order valence-corrected chi connectivity index (χ4v) is 5.03. The number of halogens is 4. The molecule has 2 aliphatic rings. The van der Waals surface area contributed by atoms with Gasteiger partial charge >= 0.3 is 0 Å². The average Bonchev–Trinajstić information content (AvgIpc) is 2.69. The Balaban J connectivity index is 1.52. The molecular formula is C24H26F4. The maximum Gasteiger partial charge on any atom is 0.159 e. The van der Waals surface area contributed by atoms with E-state index >= 15 is 4.39 Å². The van der Waals surface area contributed by atoms with E-state index in [1.165, 1.54) is 50.7 Å². The van der Waals surface area contributed by atoms with Crippen LogP contribution in [-0.2, 0) is 12.8 Å². The SMILES string of the molecule is Fc1ccc(-c2c(F)cc3c(c2F)CCC(CCC2CCCCC2)C3)cc1F. The summed E-state index contributed by atoms with van der Waals surface area (Å²) >= 11 is 0. The molecule has 4 rings (SSSR count). The van der Waals surface area contributed by atoms with Crippen molar-refractivity contribution < 1.29 is 17.6 Å². The van der Waals surface area contributed by atoms with Crippen molar-refractivity contribution in [2.45, 2.75) is 64.2 Å². The minimum absolute atomic E-state index is 0.0381. The van der Waals surface area contributed by atoms with Gasteiger partial charge in [0.15, 0.2) is 11.6 Å². The molecule has 0 aliphatic heterocycles. The first-order valence-electron chi connectivity index (χ1n) is 10.5. The fourth-order valence-electron chi connectivity index (χ4n) is 5.03. The molecule has 0 N–H and O–H groups in total. The Morgan fingerprint density at radius 3 is 2.25 bits per heavy atom. The van der Waals surface area contributed by atoms with E-state index in [4.69, 9.17) is 0 Å². The van der Waals surface area contributed by atoms with E-state index in [1.807, 2.05) is 0 Å². The molecule has 0 radical (unpaired) electrons. The quantitative estimate of drug-likeness (QED) is 0.478. The topological polar surface area (TPSA) is 0 Å². The third-order valence-corrected chi connectivity index (χ3v) is 6.64. The first-order valence-corrected chi connectivity index (χ1v) is 10.5. The van der Waals surface area contributed by atoms with Gasteiger partial charge in [0.25, 0.3) is 0 Å². The minimum Gasteiger partial charge on any atom is -0.206 e. The van der Waals surface area contributed by atoms with Crippen molar-refractivity contribution >= 4 is 0 Å². The molecular weight excluding hydrogens is 364 g/mol. The van der Waals surface area contributed by atoms with Crippen LogP contribution in [0.25, 0.3) is 11.1 Å². The summed E-state index contributed by atoms with van der Waals surface area (Å²) in [6, 6.07) is 4.40. The number of hydrogen-bond donors (Lipinski definition) is 0. The zero-order valence-corrected chi connectivity index (χ0v) is 16.0. The fraction of sp³-hybridized carbons (Fsp3) is 0.500. The molecule has 0 saturated heterocycles. The van der Waals surface area contributed by atoms with Gasteiger partial charge < -0.3 is 0 Å². The Morgan fingerprint density at radius 2 is 1.50 bits per heavy atom. The van der Waals surface area contributed by atoms with E-state index in [0.717, 1.165) is 36.5 Å². The van der Waals surface area contributed by atoms with Crippen molar-refractivity contribution in [2.75, 3.05) is 0 Å². The number of hydrogen-bond acceptors (Lipinski definition) is 0. The lowest BCUT2D eigenvalue weighted by molar-refractivity contribution is 0.296. The predicted molar refractivity (Wildman–Crippen MR) is 103 cm³/mol. The summed E-state index contributed by atoms with van der Waals surface area (Å²) in [5.41, 5.74) is 1.06. The summed E-state index contributed by atoms with van der Waals surface area (Å²) in [6.45, 7) is 0. The van der Waals surface area contributed by atoms with Crippen LogP contribution in [0.5, 0.6) is 0 Å². The maximum absolute atomic E-state index is 15.1. The van der Waals surface area contributed by atoms with Crippen LogP contribution in [0.2, 0.25) is 0 Å². The van der Waals surface area contributed by atoms with E-state index in [2.05, 4.69) is 0 Å². The van der Waals surface area contributed by atoms with Gasteiger partial charge in [-0.15, -0.1) is 0 Å². The highest BCUT2D eigenvalue weighted by molar-refractivity contribution is 5.67. The lowest BCUT2D eigenvalue weighted by Gasteiger charge is -2.28. The molecule has 2 aliphatic carbocycles. The molecule has 4 heteroatoms. The third-order valence-electron chi connectivity index (χ3n) is 6.64. The van der Waals surface area contributed by atoms with E-state index in [-0.39, 0.29) is 11.1 Å². The predicted octanol–water partition coefficient (Wildman–Crippen LogP) is 7.38. The van der Waals surface area contributed by atoms with Crippen LogP contribution in [0.4, 0.5) is 17.6 Å². The highest BCUT2D eigenvalue weighted by Crippen LogP contribution is 2.38. The summed E-state index contributed by atoms with van der Waals surface area (Å²) in [6.07, 6.45) is 11.2. The molecule has 1 atom stereocenters. The molecule has 1 fully saturated rings. The molecule has 1 unspecified atom stereocenters. The van der Waals surface area contributed by atoms with E-state index < -0.39 is 23.3 Å². The normalized spacial score (nSPS) is 20.2. The van der Waals surface area contributed by atoms with Crippen molar-refractivity contribution in [2.24, 2.45) is 11.8 Å². The highest BCUT2D eigenvalue weighted by atomic mass is 19.2. The van der Waals surface area contributed by atoms with Crippen molar-refractivity contribution in [3.8, 4) is 11.1 Å². The van der Waals surface area contributed by atoms with Crippen molar-refractivity contribution in [3.05, 3.63) is 58.7 Å². The highest BCUT2D eigenvalue weighted by Gasteiger charge is 2.27. The van der Waals surface area contributed by atoms with Crippen LogP contribution in [0, 0.1) is 35.1 Å². The minimum atomic E-state index is -1.10. The first kappa shape index (κ1) is 19.5. The van der Waals surface area contributed by atoms with Crippen LogP contribution in [0.15, 0.2) is 24.3 Å². The van der Waals surface area contributed by atoms with Gasteiger partial charge in [0.1, 0.15) is 11.6 Å². The summed E-state index contributed by atoms with van der Waals surface area (Å²) in [5, 5.41) is 0. The smallest absolute Gasteiger partial charge is 0.159 e. The van der Waals surface area contributed by atoms with Gasteiger partial charge in [0.05, 0.1) is 5.56 Å². The molecule has 1 saturated carbocycles. The Kier molecular flexibility index (Phi) is 5.75. The van der Waals surface area contributed by atoms with Gasteiger partial charge in [-0.25, -0.2) is 17.6 Å². The standard InChI is InChI=1S/C24H26F4/c25-20-11-9-17(13-21(20)26)23-22(27)14-18-12-16(8-10-19(18)24(23)28)7-6-15-4-2-1-3-5-15/h9,11,13-16H,1-8,10,12H2. The van der Waals surface area contributed by atoms with Gasteiger partial charge in [-0.3, -0.25) is 0 Å². The van der Waals surface area contributed by atoms with Crippen LogP contribution in [0.1, 0.15) is 62.5 Å². The molecule has 0 aromatic heterocycles. The Hall–Kier alpha value is -1.84. The van der Waals surface area contributed by atoms with Crippen LogP contribution >= 0.6 is 0 Å². The molecule has 0 spiro atoms. The molecule has 0 bridgehead atoms. The number of fused-ring (bicyclic) bond motifs is 1. The van der Waals surface area contributed by atoms with E-state index in [9.17, 15) is 13.2 Å². The monoisotopic (exact) mass is 390 g/mol. The molecule has 0 amide bonds. The second-order valence-electron chi connectivity index (χ2n) is 8.50. The largest absolute Gasteiger partial charge is 0.206 e. The molecule has 0 nitrogen and oxygen atoms in total. The van der Waals surface area contributed by atoms with Crippen molar-refractivity contribution in [1.82, 2.24) is 0 Å². The number of rotatable bonds is 4. The van der Waals surface area contributed by atoms with E-state index in [1.54, 1.807) is 0 Å². The molecule has 2 aromatic rings. The lowest BCUT2D eigenvalue weighted by atomic mass is 9.77. The second kappa shape index (κ2) is 8.26.